The molecule has 2 heterocycles. The molecule has 0 aliphatic carbocycles. The number of hydrogen-bond acceptors (Lipinski definition) is 12. The van der Waals surface area contributed by atoms with Gasteiger partial charge < -0.3 is 39.1 Å². The number of aliphatic hydroxyl groups is 3. The van der Waals surface area contributed by atoms with E-state index in [9.17, 15) is 24.9 Å². The Kier molecular flexibility index (Phi) is 9.96. The molecule has 13 heteroatoms. The second kappa shape index (κ2) is 12.2. The lowest BCUT2D eigenvalue weighted by Gasteiger charge is -2.29. The molecule has 1 aliphatic rings. The van der Waals surface area contributed by atoms with Gasteiger partial charge in [0.25, 0.3) is 0 Å². The van der Waals surface area contributed by atoms with Gasteiger partial charge in [-0.15, -0.1) is 0 Å². The van der Waals surface area contributed by atoms with E-state index in [0.717, 1.165) is 4.57 Å². The summed E-state index contributed by atoms with van der Waals surface area (Å²) in [4.78, 5) is 34.1. The second-order valence-corrected chi connectivity index (χ2v) is 7.21. The number of carbonyl (C=O) groups excluding carboxylic acids is 1. The van der Waals surface area contributed by atoms with Crippen LogP contribution in [0.2, 0.25) is 0 Å². The van der Waals surface area contributed by atoms with Crippen LogP contribution in [-0.2, 0) is 28.6 Å². The summed E-state index contributed by atoms with van der Waals surface area (Å²) >= 11 is 0. The van der Waals surface area contributed by atoms with Crippen molar-refractivity contribution in [1.82, 2.24) is 9.55 Å². The molecule has 0 spiro atoms. The molecule has 2 rings (SSSR count). The van der Waals surface area contributed by atoms with Gasteiger partial charge in [-0.05, 0) is 13.8 Å². The minimum absolute atomic E-state index is 0.00185. The summed E-state index contributed by atoms with van der Waals surface area (Å²) in [6.07, 6.45) is -3.82. The quantitative estimate of drug-likeness (QED) is 0.249. The van der Waals surface area contributed by atoms with E-state index in [2.05, 4.69) is 10.5 Å². The third-order valence-corrected chi connectivity index (χ3v) is 4.89. The van der Waals surface area contributed by atoms with E-state index in [1.807, 2.05) is 0 Å². The molecule has 0 unspecified atom stereocenters. The Balaban J connectivity index is 2.11. The highest BCUT2D eigenvalue weighted by Crippen LogP contribution is 2.28. The SMILES string of the molecule is CCOCC(COC)(COCC)C(=O)ONc1ccn([C@@H]2O[C@H](CO)[C@@H](O)[C@H]2O)c(=O)n1. The maximum absolute atomic E-state index is 12.8. The maximum atomic E-state index is 12.8. The average Bonchev–Trinajstić information content (AvgIpc) is 3.07. The largest absolute Gasteiger partial charge is 0.394 e. The van der Waals surface area contributed by atoms with Crippen molar-refractivity contribution in [2.45, 2.75) is 38.4 Å². The van der Waals surface area contributed by atoms with E-state index in [0.29, 0.717) is 13.2 Å². The molecular weight excluding hydrogens is 430 g/mol. The van der Waals surface area contributed by atoms with Crippen LogP contribution in [0.5, 0.6) is 0 Å². The monoisotopic (exact) mass is 461 g/mol. The molecule has 1 fully saturated rings. The molecular formula is C19H31N3O10. The van der Waals surface area contributed by atoms with Gasteiger partial charge in [0.05, 0.1) is 26.4 Å². The Labute approximate surface area is 184 Å². The number of methoxy groups -OCH3 is 1. The number of aromatic nitrogens is 2. The van der Waals surface area contributed by atoms with Gasteiger partial charge >= 0.3 is 11.7 Å². The molecule has 1 saturated heterocycles. The number of anilines is 1. The number of ether oxygens (including phenoxy) is 4. The van der Waals surface area contributed by atoms with Crippen molar-refractivity contribution in [2.24, 2.45) is 5.41 Å². The highest BCUT2D eigenvalue weighted by molar-refractivity contribution is 5.78. The van der Waals surface area contributed by atoms with E-state index in [1.165, 1.54) is 19.4 Å². The number of aliphatic hydroxyl groups excluding tert-OH is 3. The summed E-state index contributed by atoms with van der Waals surface area (Å²) in [5.41, 5.74) is 0.250. The zero-order chi connectivity index (χ0) is 23.7. The molecule has 1 aromatic heterocycles. The molecule has 4 atom stereocenters. The van der Waals surface area contributed by atoms with Gasteiger partial charge in [-0.3, -0.25) is 4.57 Å². The smallest absolute Gasteiger partial charge is 0.351 e. The van der Waals surface area contributed by atoms with Crippen LogP contribution in [0.15, 0.2) is 17.1 Å². The van der Waals surface area contributed by atoms with Crippen LogP contribution in [0.1, 0.15) is 20.1 Å². The minimum atomic E-state index is -1.44. The van der Waals surface area contributed by atoms with Gasteiger partial charge in [-0.25, -0.2) is 15.1 Å². The summed E-state index contributed by atoms with van der Waals surface area (Å²) in [6, 6.07) is 1.31. The summed E-state index contributed by atoms with van der Waals surface area (Å²) in [5.74, 6) is -0.804. The van der Waals surface area contributed by atoms with Gasteiger partial charge in [0.15, 0.2) is 12.0 Å². The summed E-state index contributed by atoms with van der Waals surface area (Å²) in [5, 5.41) is 29.1. The van der Waals surface area contributed by atoms with E-state index < -0.39 is 48.2 Å². The lowest BCUT2D eigenvalue weighted by atomic mass is 9.91. The van der Waals surface area contributed by atoms with Crippen molar-refractivity contribution in [3.63, 3.8) is 0 Å². The Hall–Kier alpha value is -2.13. The molecule has 0 aromatic carbocycles. The molecule has 182 valence electrons. The molecule has 0 saturated carbocycles. The molecule has 4 N–H and O–H groups in total. The van der Waals surface area contributed by atoms with Gasteiger partial charge in [0.2, 0.25) is 0 Å². The predicted octanol–water partition coefficient (Wildman–Crippen LogP) is -1.57. The lowest BCUT2D eigenvalue weighted by Crippen LogP contribution is -2.46. The molecule has 13 nitrogen and oxygen atoms in total. The van der Waals surface area contributed by atoms with Gasteiger partial charge in [0, 0.05) is 32.6 Å². The fraction of sp³-hybridized carbons (Fsp3) is 0.737. The number of carbonyl (C=O) groups is 1. The second-order valence-electron chi connectivity index (χ2n) is 7.21. The van der Waals surface area contributed by atoms with E-state index in [-0.39, 0.29) is 25.6 Å². The van der Waals surface area contributed by atoms with Gasteiger partial charge in [0.1, 0.15) is 23.7 Å². The van der Waals surface area contributed by atoms with E-state index >= 15 is 0 Å². The Morgan fingerprint density at radius 3 is 2.38 bits per heavy atom. The van der Waals surface area contributed by atoms with Crippen LogP contribution in [-0.4, -0.2) is 95.9 Å². The molecule has 1 aromatic rings. The summed E-state index contributed by atoms with van der Waals surface area (Å²) < 4.78 is 22.3. The normalized spacial score (nSPS) is 23.3. The van der Waals surface area contributed by atoms with Crippen LogP contribution in [0.4, 0.5) is 5.82 Å². The Morgan fingerprint density at radius 2 is 1.88 bits per heavy atom. The van der Waals surface area contributed by atoms with Crippen LogP contribution >= 0.6 is 0 Å². The fourth-order valence-corrected chi connectivity index (χ4v) is 3.15. The first kappa shape index (κ1) is 26.1. The zero-order valence-electron chi connectivity index (χ0n) is 18.3. The van der Waals surface area contributed by atoms with Crippen LogP contribution in [0.25, 0.3) is 0 Å². The van der Waals surface area contributed by atoms with Crippen LogP contribution < -0.4 is 11.2 Å². The first-order valence-corrected chi connectivity index (χ1v) is 10.2. The Morgan fingerprint density at radius 1 is 1.22 bits per heavy atom. The summed E-state index contributed by atoms with van der Waals surface area (Å²) in [6.45, 7) is 3.77. The van der Waals surface area contributed by atoms with Crippen LogP contribution in [0, 0.1) is 5.41 Å². The van der Waals surface area contributed by atoms with Crippen molar-refractivity contribution in [3.8, 4) is 0 Å². The van der Waals surface area contributed by atoms with Crippen LogP contribution in [0.3, 0.4) is 0 Å². The number of nitrogens with one attached hydrogen (secondary N) is 1. The first-order chi connectivity index (χ1) is 15.3. The average molecular weight is 461 g/mol. The standard InChI is InChI=1S/C19H31N3O10/c1-4-29-10-19(9-28-3,11-30-5-2)17(26)32-21-13-6-7-22(18(27)20-13)16-15(25)14(24)12(8-23)31-16/h6-7,12,14-16,23-25H,4-5,8-11H2,1-3H3,(H,20,21,27)/t12-,14-,15-,16-/m1/s1. The van der Waals surface area contributed by atoms with Gasteiger partial charge in [-0.2, -0.15) is 4.98 Å². The van der Waals surface area contributed by atoms with Crippen molar-refractivity contribution < 1.29 is 43.9 Å². The lowest BCUT2D eigenvalue weighted by molar-refractivity contribution is -0.167. The van der Waals surface area contributed by atoms with Crippen molar-refractivity contribution in [2.75, 3.05) is 52.2 Å². The van der Waals surface area contributed by atoms with Crippen molar-refractivity contribution in [1.29, 1.82) is 0 Å². The molecule has 0 bridgehead atoms. The van der Waals surface area contributed by atoms with E-state index in [1.54, 1.807) is 13.8 Å². The maximum Gasteiger partial charge on any atom is 0.351 e. The highest BCUT2D eigenvalue weighted by atomic mass is 16.7. The number of hydrogen-bond donors (Lipinski definition) is 4. The van der Waals surface area contributed by atoms with Crippen molar-refractivity contribution in [3.05, 3.63) is 22.7 Å². The Bertz CT molecular complexity index is 781. The summed E-state index contributed by atoms with van der Waals surface area (Å²) in [7, 11) is 1.44. The topological polar surface area (TPSA) is 171 Å². The predicted molar refractivity (Wildman–Crippen MR) is 109 cm³/mol. The first-order valence-electron chi connectivity index (χ1n) is 10.2. The number of nitrogens with zero attached hydrogens (tertiary/aromatic N) is 2. The highest BCUT2D eigenvalue weighted by Gasteiger charge is 2.44. The molecule has 0 radical (unpaired) electrons. The third-order valence-electron chi connectivity index (χ3n) is 4.89. The molecule has 1 aliphatic heterocycles. The molecule has 0 amide bonds. The fourth-order valence-electron chi connectivity index (χ4n) is 3.15. The third kappa shape index (κ3) is 6.01. The van der Waals surface area contributed by atoms with E-state index in [4.69, 9.17) is 23.8 Å². The van der Waals surface area contributed by atoms with Gasteiger partial charge in [-0.1, -0.05) is 0 Å². The van der Waals surface area contributed by atoms with Crippen molar-refractivity contribution >= 4 is 11.8 Å². The molecule has 32 heavy (non-hydrogen) atoms. The minimum Gasteiger partial charge on any atom is -0.394 e. The zero-order valence-corrected chi connectivity index (χ0v) is 18.3. The number of rotatable bonds is 13.